The summed E-state index contributed by atoms with van der Waals surface area (Å²) in [7, 11) is 0. The molecular weight excluding hydrogens is 156 g/mol. The summed E-state index contributed by atoms with van der Waals surface area (Å²) in [5, 5.41) is 9.73. The van der Waals surface area contributed by atoms with E-state index >= 15 is 0 Å². The topological polar surface area (TPSA) is 38.7 Å². The molecule has 2 aliphatic heterocycles. The summed E-state index contributed by atoms with van der Waals surface area (Å²) in [5.41, 5.74) is 0. The summed E-state index contributed by atoms with van der Waals surface area (Å²) >= 11 is 0. The lowest BCUT2D eigenvalue weighted by Gasteiger charge is -2.43. The maximum absolute atomic E-state index is 9.73. The standard InChI is InChI=1S/C9H16O3/c10-8-4-3-7-12-9(8)5-1-2-6-11-9/h8,10H,1-7H2. The Bertz CT molecular complexity index is 144. The highest BCUT2D eigenvalue weighted by Gasteiger charge is 2.43. The van der Waals surface area contributed by atoms with E-state index in [1.807, 2.05) is 0 Å². The van der Waals surface area contributed by atoms with Crippen LogP contribution in [-0.2, 0) is 9.47 Å². The average molecular weight is 172 g/mol. The van der Waals surface area contributed by atoms with E-state index in [-0.39, 0.29) is 0 Å². The number of hydrogen-bond acceptors (Lipinski definition) is 3. The molecule has 2 rings (SSSR count). The SMILES string of the molecule is OC1CCCOC12CCCCO2. The van der Waals surface area contributed by atoms with Crippen molar-refractivity contribution in [2.24, 2.45) is 0 Å². The highest BCUT2D eigenvalue weighted by atomic mass is 16.7. The number of aliphatic hydroxyl groups is 1. The van der Waals surface area contributed by atoms with Crippen LogP contribution < -0.4 is 0 Å². The molecule has 12 heavy (non-hydrogen) atoms. The van der Waals surface area contributed by atoms with E-state index in [1.54, 1.807) is 0 Å². The summed E-state index contributed by atoms with van der Waals surface area (Å²) in [6.07, 6.45) is 4.42. The van der Waals surface area contributed by atoms with E-state index in [4.69, 9.17) is 9.47 Å². The molecule has 1 N–H and O–H groups in total. The minimum atomic E-state index is -0.628. The highest BCUT2D eigenvalue weighted by Crippen LogP contribution is 2.34. The van der Waals surface area contributed by atoms with Crippen LogP contribution in [0.1, 0.15) is 32.1 Å². The van der Waals surface area contributed by atoms with Gasteiger partial charge < -0.3 is 14.6 Å². The van der Waals surface area contributed by atoms with Crippen LogP contribution in [0.15, 0.2) is 0 Å². The number of ether oxygens (including phenoxy) is 2. The molecule has 70 valence electrons. The normalized spacial score (nSPS) is 43.2. The van der Waals surface area contributed by atoms with Crippen molar-refractivity contribution in [2.45, 2.75) is 44.0 Å². The van der Waals surface area contributed by atoms with Crippen LogP contribution in [0.3, 0.4) is 0 Å². The van der Waals surface area contributed by atoms with Gasteiger partial charge in [0, 0.05) is 6.42 Å². The molecule has 0 aliphatic carbocycles. The molecule has 2 fully saturated rings. The summed E-state index contributed by atoms with van der Waals surface area (Å²) in [4.78, 5) is 0. The molecule has 3 nitrogen and oxygen atoms in total. The van der Waals surface area contributed by atoms with Crippen LogP contribution in [-0.4, -0.2) is 30.2 Å². The fourth-order valence-corrected chi connectivity index (χ4v) is 2.00. The van der Waals surface area contributed by atoms with Crippen molar-refractivity contribution < 1.29 is 14.6 Å². The van der Waals surface area contributed by atoms with Gasteiger partial charge in [0.05, 0.1) is 13.2 Å². The Morgan fingerprint density at radius 3 is 2.42 bits per heavy atom. The number of hydrogen-bond donors (Lipinski definition) is 1. The van der Waals surface area contributed by atoms with Crippen LogP contribution in [0.25, 0.3) is 0 Å². The predicted molar refractivity (Wildman–Crippen MR) is 43.7 cm³/mol. The molecule has 2 heterocycles. The van der Waals surface area contributed by atoms with Gasteiger partial charge in [0.25, 0.3) is 0 Å². The number of aliphatic hydroxyl groups excluding tert-OH is 1. The first-order chi connectivity index (χ1) is 5.83. The zero-order chi connectivity index (χ0) is 8.44. The van der Waals surface area contributed by atoms with Crippen molar-refractivity contribution in [3.05, 3.63) is 0 Å². The van der Waals surface area contributed by atoms with Crippen LogP contribution in [0, 0.1) is 0 Å². The zero-order valence-electron chi connectivity index (χ0n) is 7.29. The highest BCUT2D eigenvalue weighted by molar-refractivity contribution is 4.84. The van der Waals surface area contributed by atoms with Gasteiger partial charge in [-0.15, -0.1) is 0 Å². The second kappa shape index (κ2) is 3.32. The van der Waals surface area contributed by atoms with E-state index in [0.29, 0.717) is 0 Å². The fraction of sp³-hybridized carbons (Fsp3) is 1.00. The van der Waals surface area contributed by atoms with Crippen molar-refractivity contribution in [3.8, 4) is 0 Å². The molecular formula is C9H16O3. The van der Waals surface area contributed by atoms with Crippen LogP contribution >= 0.6 is 0 Å². The molecule has 0 amide bonds. The molecule has 0 saturated carbocycles. The lowest BCUT2D eigenvalue weighted by molar-refractivity contribution is -0.314. The average Bonchev–Trinajstić information content (AvgIpc) is 2.12. The molecule has 2 saturated heterocycles. The molecule has 0 aromatic carbocycles. The molecule has 0 aromatic rings. The minimum absolute atomic E-state index is 0.411. The summed E-state index contributed by atoms with van der Waals surface area (Å²) < 4.78 is 11.1. The van der Waals surface area contributed by atoms with Gasteiger partial charge in [-0.3, -0.25) is 0 Å². The van der Waals surface area contributed by atoms with Crippen LogP contribution in [0.4, 0.5) is 0 Å². The van der Waals surface area contributed by atoms with Crippen molar-refractivity contribution >= 4 is 0 Å². The quantitative estimate of drug-likeness (QED) is 0.593. The molecule has 3 heteroatoms. The van der Waals surface area contributed by atoms with Gasteiger partial charge in [0.1, 0.15) is 6.10 Å². The van der Waals surface area contributed by atoms with Gasteiger partial charge in [-0.1, -0.05) is 0 Å². The number of rotatable bonds is 0. The molecule has 0 aromatic heterocycles. The van der Waals surface area contributed by atoms with Gasteiger partial charge in [0.15, 0.2) is 5.79 Å². The van der Waals surface area contributed by atoms with Crippen LogP contribution in [0.2, 0.25) is 0 Å². The van der Waals surface area contributed by atoms with Gasteiger partial charge in [-0.05, 0) is 25.7 Å². The Balaban J connectivity index is 2.04. The first-order valence-corrected chi connectivity index (χ1v) is 4.79. The van der Waals surface area contributed by atoms with Crippen molar-refractivity contribution in [1.29, 1.82) is 0 Å². The largest absolute Gasteiger partial charge is 0.388 e. The molecule has 2 aliphatic rings. The summed E-state index contributed by atoms with van der Waals surface area (Å²) in [6.45, 7) is 1.47. The maximum Gasteiger partial charge on any atom is 0.194 e. The van der Waals surface area contributed by atoms with Gasteiger partial charge in [0.2, 0.25) is 0 Å². The molecule has 2 unspecified atom stereocenters. The van der Waals surface area contributed by atoms with E-state index < -0.39 is 11.9 Å². The van der Waals surface area contributed by atoms with Crippen molar-refractivity contribution in [3.63, 3.8) is 0 Å². The molecule has 1 spiro atoms. The van der Waals surface area contributed by atoms with E-state index in [0.717, 1.165) is 45.3 Å². The van der Waals surface area contributed by atoms with E-state index in [2.05, 4.69) is 0 Å². The lowest BCUT2D eigenvalue weighted by atomic mass is 9.94. The Labute approximate surface area is 72.7 Å². The van der Waals surface area contributed by atoms with E-state index in [9.17, 15) is 5.11 Å². The van der Waals surface area contributed by atoms with Gasteiger partial charge >= 0.3 is 0 Å². The van der Waals surface area contributed by atoms with Crippen molar-refractivity contribution in [1.82, 2.24) is 0 Å². The third-order valence-electron chi connectivity index (χ3n) is 2.74. The minimum Gasteiger partial charge on any atom is -0.388 e. The Kier molecular flexibility index (Phi) is 2.35. The smallest absolute Gasteiger partial charge is 0.194 e. The molecule has 2 atom stereocenters. The summed E-state index contributed by atoms with van der Waals surface area (Å²) in [6, 6.07) is 0. The van der Waals surface area contributed by atoms with E-state index in [1.165, 1.54) is 0 Å². The third-order valence-corrected chi connectivity index (χ3v) is 2.74. The second-order valence-corrected chi connectivity index (χ2v) is 3.62. The molecule has 0 radical (unpaired) electrons. The van der Waals surface area contributed by atoms with Gasteiger partial charge in [-0.25, -0.2) is 0 Å². The lowest BCUT2D eigenvalue weighted by Crippen LogP contribution is -2.52. The summed E-state index contributed by atoms with van der Waals surface area (Å²) in [5.74, 6) is -0.628. The Morgan fingerprint density at radius 2 is 1.83 bits per heavy atom. The molecule has 0 bridgehead atoms. The first-order valence-electron chi connectivity index (χ1n) is 4.79. The zero-order valence-corrected chi connectivity index (χ0v) is 7.29. The monoisotopic (exact) mass is 172 g/mol. The fourth-order valence-electron chi connectivity index (χ4n) is 2.00. The predicted octanol–water partition coefficient (Wildman–Crippen LogP) is 1.05. The third kappa shape index (κ3) is 1.37. The first kappa shape index (κ1) is 8.48. The van der Waals surface area contributed by atoms with Crippen molar-refractivity contribution in [2.75, 3.05) is 13.2 Å². The maximum atomic E-state index is 9.73. The Hall–Kier alpha value is -0.120. The second-order valence-electron chi connectivity index (χ2n) is 3.62. The van der Waals surface area contributed by atoms with Crippen LogP contribution in [0.5, 0.6) is 0 Å². The Morgan fingerprint density at radius 1 is 1.08 bits per heavy atom. The van der Waals surface area contributed by atoms with Gasteiger partial charge in [-0.2, -0.15) is 0 Å².